The molecule has 0 spiro atoms. The van der Waals surface area contributed by atoms with E-state index < -0.39 is 0 Å². The van der Waals surface area contributed by atoms with Crippen molar-refractivity contribution in [1.29, 1.82) is 0 Å². The number of hydrogen-bond donors (Lipinski definition) is 1. The predicted octanol–water partition coefficient (Wildman–Crippen LogP) is 10.2. The van der Waals surface area contributed by atoms with Gasteiger partial charge in [-0.2, -0.15) is 0 Å². The van der Waals surface area contributed by atoms with Gasteiger partial charge in [-0.05, 0) is 41.9 Å². The third-order valence-electron chi connectivity index (χ3n) is 7.57. The van der Waals surface area contributed by atoms with E-state index in [1.807, 2.05) is 6.07 Å². The number of hydrogen-bond acceptors (Lipinski definition) is 3. The summed E-state index contributed by atoms with van der Waals surface area (Å²) in [6, 6.07) is 5.78. The third kappa shape index (κ3) is 15.6. The van der Waals surface area contributed by atoms with E-state index >= 15 is 0 Å². The zero-order valence-electron chi connectivity index (χ0n) is 24.3. The maximum atomic E-state index is 12.2. The van der Waals surface area contributed by atoms with E-state index in [1.54, 1.807) is 6.07 Å². The SMILES string of the molecule is CCCCCCCCCCCCCCCCCOC(=O)CCc1ccc(O)c(C(C)(C)CCCC)c1. The Morgan fingerprint density at radius 2 is 1.25 bits per heavy atom. The number of aromatic hydroxyl groups is 1. The molecule has 0 fully saturated rings. The first-order valence-corrected chi connectivity index (χ1v) is 15.4. The summed E-state index contributed by atoms with van der Waals surface area (Å²) >= 11 is 0. The number of rotatable bonds is 23. The van der Waals surface area contributed by atoms with Gasteiger partial charge in [0, 0.05) is 6.42 Å². The van der Waals surface area contributed by atoms with Crippen LogP contribution >= 0.6 is 0 Å². The molecular formula is C33H58O3. The lowest BCUT2D eigenvalue weighted by Crippen LogP contribution is -2.17. The van der Waals surface area contributed by atoms with Crippen LogP contribution in [0.2, 0.25) is 0 Å². The van der Waals surface area contributed by atoms with Crippen LogP contribution < -0.4 is 0 Å². The number of benzene rings is 1. The molecule has 0 aliphatic heterocycles. The monoisotopic (exact) mass is 502 g/mol. The van der Waals surface area contributed by atoms with Crippen LogP contribution in [0.1, 0.15) is 161 Å². The molecule has 0 atom stereocenters. The van der Waals surface area contributed by atoms with Crippen LogP contribution in [-0.4, -0.2) is 17.7 Å². The van der Waals surface area contributed by atoms with E-state index in [1.165, 1.54) is 83.5 Å². The molecule has 36 heavy (non-hydrogen) atoms. The quantitative estimate of drug-likeness (QED) is 0.120. The molecule has 0 amide bonds. The van der Waals surface area contributed by atoms with Gasteiger partial charge in [0.15, 0.2) is 0 Å². The Morgan fingerprint density at radius 1 is 0.750 bits per heavy atom. The van der Waals surface area contributed by atoms with E-state index in [9.17, 15) is 9.90 Å². The highest BCUT2D eigenvalue weighted by atomic mass is 16.5. The van der Waals surface area contributed by atoms with Crippen molar-refractivity contribution in [2.24, 2.45) is 0 Å². The largest absolute Gasteiger partial charge is 0.508 e. The van der Waals surface area contributed by atoms with Gasteiger partial charge in [-0.15, -0.1) is 0 Å². The Kier molecular flexibility index (Phi) is 18.6. The van der Waals surface area contributed by atoms with Crippen molar-refractivity contribution in [2.75, 3.05) is 6.61 Å². The molecule has 3 heteroatoms. The first-order chi connectivity index (χ1) is 17.4. The molecule has 208 valence electrons. The Morgan fingerprint density at radius 3 is 1.78 bits per heavy atom. The fourth-order valence-corrected chi connectivity index (χ4v) is 5.01. The van der Waals surface area contributed by atoms with Crippen molar-refractivity contribution < 1.29 is 14.6 Å². The number of unbranched alkanes of at least 4 members (excludes halogenated alkanes) is 15. The maximum Gasteiger partial charge on any atom is 0.306 e. The number of aryl methyl sites for hydroxylation is 1. The van der Waals surface area contributed by atoms with Crippen LogP contribution in [0.15, 0.2) is 18.2 Å². The number of carbonyl (C=O) groups is 1. The summed E-state index contributed by atoms with van der Waals surface area (Å²) in [6.45, 7) is 9.39. The second-order valence-corrected chi connectivity index (χ2v) is 11.5. The number of esters is 1. The van der Waals surface area contributed by atoms with Gasteiger partial charge >= 0.3 is 5.97 Å². The molecule has 0 aliphatic rings. The second kappa shape index (κ2) is 20.5. The van der Waals surface area contributed by atoms with Gasteiger partial charge in [0.25, 0.3) is 0 Å². The zero-order valence-corrected chi connectivity index (χ0v) is 24.3. The van der Waals surface area contributed by atoms with Crippen LogP contribution in [-0.2, 0) is 21.4 Å². The normalized spacial score (nSPS) is 11.7. The average molecular weight is 503 g/mol. The molecule has 0 heterocycles. The summed E-state index contributed by atoms with van der Waals surface area (Å²) in [5.74, 6) is 0.246. The standard InChI is InChI=1S/C33H58O3/c1-5-7-9-10-11-12-13-14-15-16-17-18-19-20-21-27-36-32(35)25-23-29-22-24-31(34)30(28-29)33(3,4)26-8-6-2/h22,24,28,34H,5-21,23,25-27H2,1-4H3. The number of ether oxygens (including phenoxy) is 1. The molecule has 0 aliphatic carbocycles. The lowest BCUT2D eigenvalue weighted by Gasteiger charge is -2.26. The van der Waals surface area contributed by atoms with Gasteiger partial charge in [0.05, 0.1) is 6.61 Å². The third-order valence-corrected chi connectivity index (χ3v) is 7.57. The molecule has 0 radical (unpaired) electrons. The Bertz CT molecular complexity index is 680. The molecule has 1 rings (SSSR count). The van der Waals surface area contributed by atoms with Gasteiger partial charge in [0.2, 0.25) is 0 Å². The second-order valence-electron chi connectivity index (χ2n) is 11.5. The molecule has 0 aromatic heterocycles. The van der Waals surface area contributed by atoms with Gasteiger partial charge in [-0.1, -0.05) is 143 Å². The highest BCUT2D eigenvalue weighted by Crippen LogP contribution is 2.35. The summed E-state index contributed by atoms with van der Waals surface area (Å²) < 4.78 is 5.46. The maximum absolute atomic E-state index is 12.2. The molecule has 1 aromatic rings. The van der Waals surface area contributed by atoms with Crippen LogP contribution in [0, 0.1) is 0 Å². The van der Waals surface area contributed by atoms with Gasteiger partial charge < -0.3 is 9.84 Å². The highest BCUT2D eigenvalue weighted by Gasteiger charge is 2.23. The molecule has 0 saturated heterocycles. The van der Waals surface area contributed by atoms with E-state index in [2.05, 4.69) is 33.8 Å². The smallest absolute Gasteiger partial charge is 0.306 e. The number of phenols is 1. The number of carbonyl (C=O) groups excluding carboxylic acids is 1. The fourth-order valence-electron chi connectivity index (χ4n) is 5.01. The van der Waals surface area contributed by atoms with Crippen molar-refractivity contribution in [3.8, 4) is 5.75 Å². The number of phenolic OH excluding ortho intramolecular Hbond substituents is 1. The fraction of sp³-hybridized carbons (Fsp3) is 0.788. The van der Waals surface area contributed by atoms with E-state index in [4.69, 9.17) is 4.74 Å². The lowest BCUT2D eigenvalue weighted by atomic mass is 9.79. The van der Waals surface area contributed by atoms with Crippen molar-refractivity contribution >= 4 is 5.97 Å². The molecule has 0 unspecified atom stereocenters. The highest BCUT2D eigenvalue weighted by molar-refractivity contribution is 5.69. The topological polar surface area (TPSA) is 46.5 Å². The van der Waals surface area contributed by atoms with Gasteiger partial charge in [0.1, 0.15) is 5.75 Å². The average Bonchev–Trinajstić information content (AvgIpc) is 2.86. The Labute approximate surface area is 223 Å². The Hall–Kier alpha value is -1.51. The van der Waals surface area contributed by atoms with Gasteiger partial charge in [-0.25, -0.2) is 0 Å². The van der Waals surface area contributed by atoms with Crippen molar-refractivity contribution in [2.45, 2.75) is 162 Å². The summed E-state index contributed by atoms with van der Waals surface area (Å²) in [4.78, 5) is 12.2. The van der Waals surface area contributed by atoms with Crippen molar-refractivity contribution in [3.05, 3.63) is 29.3 Å². The van der Waals surface area contributed by atoms with Crippen molar-refractivity contribution in [1.82, 2.24) is 0 Å². The first-order valence-electron chi connectivity index (χ1n) is 15.4. The Balaban J connectivity index is 2.04. The van der Waals surface area contributed by atoms with Crippen LogP contribution in [0.3, 0.4) is 0 Å². The molecule has 0 bridgehead atoms. The minimum Gasteiger partial charge on any atom is -0.508 e. The minimum absolute atomic E-state index is 0.0653. The van der Waals surface area contributed by atoms with E-state index in [0.29, 0.717) is 25.2 Å². The first kappa shape index (κ1) is 32.5. The van der Waals surface area contributed by atoms with Crippen LogP contribution in [0.4, 0.5) is 0 Å². The summed E-state index contributed by atoms with van der Waals surface area (Å²) in [7, 11) is 0. The molecular weight excluding hydrogens is 444 g/mol. The summed E-state index contributed by atoms with van der Waals surface area (Å²) in [5.41, 5.74) is 2.01. The lowest BCUT2D eigenvalue weighted by molar-refractivity contribution is -0.143. The molecule has 1 N–H and O–H groups in total. The zero-order chi connectivity index (χ0) is 26.5. The summed E-state index contributed by atoms with van der Waals surface area (Å²) in [5, 5.41) is 10.4. The predicted molar refractivity (Wildman–Crippen MR) is 155 cm³/mol. The molecule has 3 nitrogen and oxygen atoms in total. The van der Waals surface area contributed by atoms with Crippen molar-refractivity contribution in [3.63, 3.8) is 0 Å². The molecule has 1 aromatic carbocycles. The molecule has 0 saturated carbocycles. The van der Waals surface area contributed by atoms with E-state index in [0.717, 1.165) is 43.2 Å². The van der Waals surface area contributed by atoms with Crippen LogP contribution in [0.25, 0.3) is 0 Å². The summed E-state index contributed by atoms with van der Waals surface area (Å²) in [6.07, 6.45) is 24.5. The van der Waals surface area contributed by atoms with Gasteiger partial charge in [-0.3, -0.25) is 4.79 Å². The minimum atomic E-state index is -0.111. The van der Waals surface area contributed by atoms with Crippen LogP contribution in [0.5, 0.6) is 5.75 Å². The van der Waals surface area contributed by atoms with E-state index in [-0.39, 0.29) is 11.4 Å².